The number of carbonyl (C=O) groups excluding carboxylic acids is 3. The molecule has 6 nitrogen and oxygen atoms in total. The van der Waals surface area contributed by atoms with Gasteiger partial charge in [-0.3, -0.25) is 19.4 Å². The number of imide groups is 2. The zero-order chi connectivity index (χ0) is 15.9. The van der Waals surface area contributed by atoms with Crippen molar-refractivity contribution in [2.24, 2.45) is 0 Å². The van der Waals surface area contributed by atoms with Gasteiger partial charge in [0, 0.05) is 14.1 Å². The molecule has 1 N–H and O–H groups in total. The maximum absolute atomic E-state index is 12.2. The lowest BCUT2D eigenvalue weighted by atomic mass is 9.97. The van der Waals surface area contributed by atoms with Crippen LogP contribution in [0.25, 0.3) is 5.57 Å². The molecule has 6 heteroatoms. The Bertz CT molecular complexity index is 665. The van der Waals surface area contributed by atoms with Crippen LogP contribution in [0.2, 0.25) is 0 Å². The first-order chi connectivity index (χ1) is 9.75. The quantitative estimate of drug-likeness (QED) is 0.628. The van der Waals surface area contributed by atoms with Gasteiger partial charge in [0.1, 0.15) is 11.3 Å². The number of amides is 4. The molecule has 1 aliphatic rings. The van der Waals surface area contributed by atoms with Gasteiger partial charge in [0.15, 0.2) is 0 Å². The first-order valence-electron chi connectivity index (χ1n) is 6.36. The number of hydrogen-bond acceptors (Lipinski definition) is 4. The third-order valence-electron chi connectivity index (χ3n) is 3.62. The van der Waals surface area contributed by atoms with E-state index in [0.29, 0.717) is 16.7 Å². The van der Waals surface area contributed by atoms with Crippen molar-refractivity contribution in [1.82, 2.24) is 9.80 Å². The number of hydrogen-bond donors (Lipinski definition) is 1. The molecular weight excluding hydrogens is 272 g/mol. The van der Waals surface area contributed by atoms with E-state index in [-0.39, 0.29) is 11.3 Å². The van der Waals surface area contributed by atoms with E-state index in [1.54, 1.807) is 26.0 Å². The maximum atomic E-state index is 12.2. The SMILES string of the molecule is CC(=C1C(=O)N(C)C(=O)N(C)C1=O)c1ccc(O)c(C)c1. The lowest BCUT2D eigenvalue weighted by molar-refractivity contribution is -0.134. The normalized spacial score (nSPS) is 15.8. The van der Waals surface area contributed by atoms with Gasteiger partial charge in [-0.15, -0.1) is 0 Å². The number of phenolic OH excluding ortho intramolecular Hbond substituents is 1. The molecule has 1 aromatic rings. The van der Waals surface area contributed by atoms with Crippen LogP contribution in [-0.2, 0) is 9.59 Å². The molecular formula is C15H16N2O4. The Hall–Kier alpha value is -2.63. The molecule has 110 valence electrons. The van der Waals surface area contributed by atoms with Crippen LogP contribution in [0.3, 0.4) is 0 Å². The Morgan fingerprint density at radius 1 is 1.05 bits per heavy atom. The summed E-state index contributed by atoms with van der Waals surface area (Å²) in [6, 6.07) is 4.17. The highest BCUT2D eigenvalue weighted by molar-refractivity contribution is 6.31. The van der Waals surface area contributed by atoms with Gasteiger partial charge in [-0.25, -0.2) is 4.79 Å². The van der Waals surface area contributed by atoms with Crippen molar-refractivity contribution in [3.63, 3.8) is 0 Å². The Kier molecular flexibility index (Phi) is 3.55. The summed E-state index contributed by atoms with van der Waals surface area (Å²) < 4.78 is 0. The molecule has 0 saturated carbocycles. The molecule has 0 aliphatic carbocycles. The van der Waals surface area contributed by atoms with Crippen LogP contribution < -0.4 is 0 Å². The number of aryl methyl sites for hydroxylation is 1. The van der Waals surface area contributed by atoms with Gasteiger partial charge >= 0.3 is 6.03 Å². The summed E-state index contributed by atoms with van der Waals surface area (Å²) in [5.74, 6) is -1.10. The molecule has 1 aliphatic heterocycles. The molecule has 1 heterocycles. The van der Waals surface area contributed by atoms with E-state index in [2.05, 4.69) is 0 Å². The first-order valence-corrected chi connectivity index (χ1v) is 6.36. The van der Waals surface area contributed by atoms with Crippen molar-refractivity contribution in [3.8, 4) is 5.75 Å². The van der Waals surface area contributed by atoms with Crippen molar-refractivity contribution >= 4 is 23.4 Å². The predicted molar refractivity (Wildman–Crippen MR) is 76.4 cm³/mol. The number of benzene rings is 1. The van der Waals surface area contributed by atoms with Crippen LogP contribution in [0.1, 0.15) is 18.1 Å². The number of likely N-dealkylation sites (N-methyl/N-ethyl adjacent to an activating group) is 2. The van der Waals surface area contributed by atoms with Crippen molar-refractivity contribution in [2.45, 2.75) is 13.8 Å². The highest BCUT2D eigenvalue weighted by Gasteiger charge is 2.39. The lowest BCUT2D eigenvalue weighted by Crippen LogP contribution is -2.53. The van der Waals surface area contributed by atoms with Gasteiger partial charge < -0.3 is 5.11 Å². The average Bonchev–Trinajstić information content (AvgIpc) is 2.46. The summed E-state index contributed by atoms with van der Waals surface area (Å²) in [6.45, 7) is 3.37. The van der Waals surface area contributed by atoms with Crippen LogP contribution in [0.15, 0.2) is 23.8 Å². The second-order valence-electron chi connectivity index (χ2n) is 5.01. The highest BCUT2D eigenvalue weighted by atomic mass is 16.3. The van der Waals surface area contributed by atoms with Crippen LogP contribution >= 0.6 is 0 Å². The van der Waals surface area contributed by atoms with E-state index >= 15 is 0 Å². The van der Waals surface area contributed by atoms with Gasteiger partial charge in [0.2, 0.25) is 0 Å². The van der Waals surface area contributed by atoms with Crippen LogP contribution in [0, 0.1) is 6.92 Å². The molecule has 0 aromatic heterocycles. The summed E-state index contributed by atoms with van der Waals surface area (Å²) in [7, 11) is 2.67. The summed E-state index contributed by atoms with van der Waals surface area (Å²) in [4.78, 5) is 37.9. The zero-order valence-corrected chi connectivity index (χ0v) is 12.3. The summed E-state index contributed by atoms with van der Waals surface area (Å²) in [6.07, 6.45) is 0. The summed E-state index contributed by atoms with van der Waals surface area (Å²) in [5.41, 5.74) is 1.73. The summed E-state index contributed by atoms with van der Waals surface area (Å²) in [5, 5.41) is 9.55. The molecule has 21 heavy (non-hydrogen) atoms. The van der Waals surface area contributed by atoms with Gasteiger partial charge in [-0.1, -0.05) is 6.07 Å². The van der Waals surface area contributed by atoms with Gasteiger partial charge in [0.25, 0.3) is 11.8 Å². The molecule has 0 spiro atoms. The van der Waals surface area contributed by atoms with E-state index in [1.165, 1.54) is 20.2 Å². The Labute approximate surface area is 122 Å². The predicted octanol–water partition coefficient (Wildman–Crippen LogP) is 1.52. The molecule has 2 rings (SSSR count). The van der Waals surface area contributed by atoms with E-state index < -0.39 is 17.8 Å². The van der Waals surface area contributed by atoms with E-state index in [1.807, 2.05) is 0 Å². The minimum Gasteiger partial charge on any atom is -0.508 e. The largest absolute Gasteiger partial charge is 0.508 e. The van der Waals surface area contributed by atoms with Crippen molar-refractivity contribution < 1.29 is 19.5 Å². The minimum absolute atomic E-state index is 0.0373. The van der Waals surface area contributed by atoms with Gasteiger partial charge in [-0.05, 0) is 42.7 Å². The Morgan fingerprint density at radius 3 is 2.05 bits per heavy atom. The topological polar surface area (TPSA) is 77.9 Å². The van der Waals surface area contributed by atoms with Crippen molar-refractivity contribution in [2.75, 3.05) is 14.1 Å². The Morgan fingerprint density at radius 2 is 1.57 bits per heavy atom. The second-order valence-corrected chi connectivity index (χ2v) is 5.01. The van der Waals surface area contributed by atoms with Crippen LogP contribution in [0.5, 0.6) is 5.75 Å². The number of carbonyl (C=O) groups is 3. The number of nitrogens with zero attached hydrogens (tertiary/aromatic N) is 2. The average molecular weight is 288 g/mol. The third kappa shape index (κ3) is 2.29. The van der Waals surface area contributed by atoms with E-state index in [4.69, 9.17) is 0 Å². The van der Waals surface area contributed by atoms with E-state index in [0.717, 1.165) is 9.80 Å². The van der Waals surface area contributed by atoms with E-state index in [9.17, 15) is 19.5 Å². The first kappa shape index (κ1) is 14.8. The smallest absolute Gasteiger partial charge is 0.333 e. The monoisotopic (exact) mass is 288 g/mol. The molecule has 0 unspecified atom stereocenters. The highest BCUT2D eigenvalue weighted by Crippen LogP contribution is 2.27. The fraction of sp³-hybridized carbons (Fsp3) is 0.267. The number of barbiturate groups is 1. The molecule has 0 atom stereocenters. The second kappa shape index (κ2) is 5.05. The maximum Gasteiger partial charge on any atom is 0.333 e. The van der Waals surface area contributed by atoms with Gasteiger partial charge in [0.05, 0.1) is 0 Å². The van der Waals surface area contributed by atoms with Crippen molar-refractivity contribution in [1.29, 1.82) is 0 Å². The van der Waals surface area contributed by atoms with Crippen molar-refractivity contribution in [3.05, 3.63) is 34.9 Å². The molecule has 1 aromatic carbocycles. The zero-order valence-electron chi connectivity index (χ0n) is 12.3. The van der Waals surface area contributed by atoms with Crippen LogP contribution in [-0.4, -0.2) is 46.8 Å². The molecule has 1 fully saturated rings. The molecule has 1 saturated heterocycles. The fourth-order valence-electron chi connectivity index (χ4n) is 2.18. The molecule has 4 amide bonds. The molecule has 0 bridgehead atoms. The van der Waals surface area contributed by atoms with Gasteiger partial charge in [-0.2, -0.15) is 0 Å². The number of allylic oxidation sites excluding steroid dienone is 1. The minimum atomic E-state index is -0.650. The van der Waals surface area contributed by atoms with Crippen LogP contribution in [0.4, 0.5) is 4.79 Å². The number of phenols is 1. The Balaban J connectivity index is 2.59. The molecule has 0 radical (unpaired) electrons. The fourth-order valence-corrected chi connectivity index (χ4v) is 2.18. The lowest BCUT2D eigenvalue weighted by Gasteiger charge is -2.30. The number of aromatic hydroxyl groups is 1. The summed E-state index contributed by atoms with van der Waals surface area (Å²) >= 11 is 0. The third-order valence-corrected chi connectivity index (χ3v) is 3.62. The standard InChI is InChI=1S/C15H16N2O4/c1-8-7-10(5-6-11(8)18)9(2)12-13(19)16(3)15(21)17(4)14(12)20/h5-7,18H,1-4H3. The number of rotatable bonds is 1. The number of urea groups is 1.